The molecule has 0 N–H and O–H groups in total. The molecule has 0 unspecified atom stereocenters. The largest absolute Gasteiger partial charge is 0.493 e. The Kier molecular flexibility index (Phi) is 7.45. The number of hydrogen-bond acceptors (Lipinski definition) is 7. The highest BCUT2D eigenvalue weighted by atomic mass is 32.2. The van der Waals surface area contributed by atoms with Gasteiger partial charge < -0.3 is 18.9 Å². The molecule has 0 spiro atoms. The highest BCUT2D eigenvalue weighted by molar-refractivity contribution is 7.98. The zero-order chi connectivity index (χ0) is 22.4. The monoisotopic (exact) mass is 449 g/mol. The number of amides is 1. The number of ether oxygens (including phenoxy) is 2. The molecule has 0 aliphatic rings. The number of carbonyl (C=O) groups excluding carboxylic acids is 1. The van der Waals surface area contributed by atoms with Gasteiger partial charge in [-0.25, -0.2) is 4.98 Å². The molecule has 3 rings (SSSR count). The predicted octanol–water partition coefficient (Wildman–Crippen LogP) is 4.55. The van der Waals surface area contributed by atoms with E-state index in [1.165, 1.54) is 35.9 Å². The number of carbonyl (C=O) groups is 1. The minimum atomic E-state index is -2.98. The fourth-order valence-electron chi connectivity index (χ4n) is 2.86. The molecule has 2 aromatic heterocycles. The van der Waals surface area contributed by atoms with Crippen LogP contribution in [0.3, 0.4) is 0 Å². The zero-order valence-corrected chi connectivity index (χ0v) is 18.0. The molecule has 0 aliphatic heterocycles. The van der Waals surface area contributed by atoms with Gasteiger partial charge in [-0.2, -0.15) is 8.78 Å². The Bertz CT molecular complexity index is 1040. The van der Waals surface area contributed by atoms with Crippen molar-refractivity contribution in [2.75, 3.05) is 14.2 Å². The van der Waals surface area contributed by atoms with Gasteiger partial charge >= 0.3 is 6.61 Å². The van der Waals surface area contributed by atoms with Crippen molar-refractivity contribution in [2.24, 2.45) is 0 Å². The Morgan fingerprint density at radius 1 is 1.26 bits per heavy atom. The van der Waals surface area contributed by atoms with Crippen LogP contribution in [-0.2, 0) is 12.3 Å². The Labute approximate surface area is 182 Å². The molecule has 2 heterocycles. The van der Waals surface area contributed by atoms with Gasteiger partial charge in [0, 0.05) is 31.6 Å². The lowest BCUT2D eigenvalue weighted by molar-refractivity contribution is -0.0512. The third-order valence-corrected chi connectivity index (χ3v) is 5.28. The summed E-state index contributed by atoms with van der Waals surface area (Å²) >= 11 is 1.38. The number of aryl methyl sites for hydroxylation is 1. The smallest absolute Gasteiger partial charge is 0.387 e. The highest BCUT2D eigenvalue weighted by Crippen LogP contribution is 2.30. The Morgan fingerprint density at radius 3 is 2.74 bits per heavy atom. The predicted molar refractivity (Wildman–Crippen MR) is 110 cm³/mol. The van der Waals surface area contributed by atoms with Crippen LogP contribution in [0.25, 0.3) is 0 Å². The zero-order valence-electron chi connectivity index (χ0n) is 17.2. The van der Waals surface area contributed by atoms with Crippen molar-refractivity contribution in [3.05, 3.63) is 65.2 Å². The van der Waals surface area contributed by atoms with E-state index in [1.807, 2.05) is 13.0 Å². The number of methoxy groups -OCH3 is 1. The first-order valence-electron chi connectivity index (χ1n) is 9.24. The van der Waals surface area contributed by atoms with E-state index in [-0.39, 0.29) is 24.0 Å². The van der Waals surface area contributed by atoms with Gasteiger partial charge in [0.1, 0.15) is 10.8 Å². The summed E-state index contributed by atoms with van der Waals surface area (Å²) in [5, 5.41) is 4.51. The van der Waals surface area contributed by atoms with Gasteiger partial charge in [0.05, 0.1) is 18.4 Å². The van der Waals surface area contributed by atoms with Crippen molar-refractivity contribution >= 4 is 17.7 Å². The lowest BCUT2D eigenvalue weighted by Gasteiger charge is -2.19. The van der Waals surface area contributed by atoms with Crippen molar-refractivity contribution in [1.29, 1.82) is 0 Å². The molecule has 10 heteroatoms. The van der Waals surface area contributed by atoms with Crippen molar-refractivity contribution in [2.45, 2.75) is 30.9 Å². The summed E-state index contributed by atoms with van der Waals surface area (Å²) in [7, 11) is 2.99. The molecule has 164 valence electrons. The van der Waals surface area contributed by atoms with Gasteiger partial charge in [0.15, 0.2) is 11.5 Å². The molecule has 3 aromatic rings. The van der Waals surface area contributed by atoms with Crippen LogP contribution in [-0.4, -0.2) is 41.7 Å². The molecule has 1 amide bonds. The van der Waals surface area contributed by atoms with E-state index in [0.717, 1.165) is 5.69 Å². The Morgan fingerprint density at radius 2 is 2.06 bits per heavy atom. The second kappa shape index (κ2) is 10.3. The van der Waals surface area contributed by atoms with Gasteiger partial charge in [-0.1, -0.05) is 23.0 Å². The Hall–Kier alpha value is -3.14. The van der Waals surface area contributed by atoms with Crippen molar-refractivity contribution in [3.63, 3.8) is 0 Å². The standard InChI is InChI=1S/C21H21F2N3O4S/c1-13-9-15(25-30-13)12-31-19-16(5-4-8-24-19)20(27)26(2)11-14-6-7-17(28-3)18(10-14)29-21(22)23/h4-10,21H,11-12H2,1-3H3. The normalized spacial score (nSPS) is 10.9. The van der Waals surface area contributed by atoms with Crippen molar-refractivity contribution in [3.8, 4) is 11.5 Å². The highest BCUT2D eigenvalue weighted by Gasteiger charge is 2.19. The maximum absolute atomic E-state index is 13.0. The Balaban J connectivity index is 1.73. The van der Waals surface area contributed by atoms with Gasteiger partial charge in [-0.3, -0.25) is 4.79 Å². The first-order chi connectivity index (χ1) is 14.9. The SMILES string of the molecule is COc1ccc(CN(C)C(=O)c2cccnc2SCc2cc(C)on2)cc1OC(F)F. The summed E-state index contributed by atoms with van der Waals surface area (Å²) in [6.45, 7) is -0.987. The molecule has 0 fully saturated rings. The third kappa shape index (κ3) is 5.94. The molecule has 0 saturated carbocycles. The number of rotatable bonds is 9. The lowest BCUT2D eigenvalue weighted by Crippen LogP contribution is -2.27. The number of aromatic nitrogens is 2. The summed E-state index contributed by atoms with van der Waals surface area (Å²) in [6, 6.07) is 9.85. The maximum Gasteiger partial charge on any atom is 0.387 e. The number of nitrogens with zero attached hydrogens (tertiary/aromatic N) is 3. The van der Waals surface area contributed by atoms with Crippen LogP contribution in [0.5, 0.6) is 11.5 Å². The van der Waals surface area contributed by atoms with Crippen molar-refractivity contribution in [1.82, 2.24) is 15.0 Å². The summed E-state index contributed by atoms with van der Waals surface area (Å²) in [6.07, 6.45) is 1.62. The number of halogens is 2. The van der Waals surface area contributed by atoms with Crippen LogP contribution >= 0.6 is 11.8 Å². The quantitative estimate of drug-likeness (QED) is 0.444. The minimum Gasteiger partial charge on any atom is -0.493 e. The summed E-state index contributed by atoms with van der Waals surface area (Å²) < 4.78 is 39.9. The molecule has 0 radical (unpaired) electrons. The van der Waals surface area contributed by atoms with Crippen LogP contribution < -0.4 is 9.47 Å². The number of hydrogen-bond donors (Lipinski definition) is 0. The number of pyridine rings is 1. The van der Waals surface area contributed by atoms with E-state index in [4.69, 9.17) is 9.26 Å². The first kappa shape index (κ1) is 22.5. The molecule has 1 aromatic carbocycles. The lowest BCUT2D eigenvalue weighted by atomic mass is 10.1. The molecular weight excluding hydrogens is 428 g/mol. The molecule has 0 saturated heterocycles. The minimum absolute atomic E-state index is 0.0867. The number of alkyl halides is 2. The second-order valence-electron chi connectivity index (χ2n) is 6.60. The molecule has 0 bridgehead atoms. The topological polar surface area (TPSA) is 77.7 Å². The van der Waals surface area contributed by atoms with Crippen molar-refractivity contribution < 1.29 is 27.6 Å². The second-order valence-corrected chi connectivity index (χ2v) is 7.56. The molecule has 0 aliphatic carbocycles. The molecular formula is C21H21F2N3O4S. The van der Waals surface area contributed by atoms with E-state index < -0.39 is 6.61 Å². The summed E-state index contributed by atoms with van der Waals surface area (Å²) in [5.41, 5.74) is 1.81. The fourth-order valence-corrected chi connectivity index (χ4v) is 3.72. The summed E-state index contributed by atoms with van der Waals surface area (Å²) in [4.78, 5) is 18.8. The molecule has 0 atom stereocenters. The molecule has 7 nitrogen and oxygen atoms in total. The van der Waals surface area contributed by atoms with Gasteiger partial charge in [0.25, 0.3) is 5.91 Å². The van der Waals surface area contributed by atoms with Gasteiger partial charge in [0.2, 0.25) is 0 Å². The van der Waals surface area contributed by atoms with Crippen LogP contribution in [0.2, 0.25) is 0 Å². The fraction of sp³-hybridized carbons (Fsp3) is 0.286. The van der Waals surface area contributed by atoms with Crippen LogP contribution in [0.1, 0.15) is 27.4 Å². The maximum atomic E-state index is 13.0. The number of benzene rings is 1. The average Bonchev–Trinajstić information content (AvgIpc) is 3.17. The van der Waals surface area contributed by atoms with E-state index >= 15 is 0 Å². The van der Waals surface area contributed by atoms with Gasteiger partial charge in [-0.15, -0.1) is 0 Å². The van der Waals surface area contributed by atoms with Gasteiger partial charge in [-0.05, 0) is 36.8 Å². The number of thioether (sulfide) groups is 1. The van der Waals surface area contributed by atoms with Crippen LogP contribution in [0.4, 0.5) is 8.78 Å². The third-order valence-electron chi connectivity index (χ3n) is 4.25. The van der Waals surface area contributed by atoms with E-state index in [0.29, 0.717) is 27.7 Å². The average molecular weight is 449 g/mol. The van der Waals surface area contributed by atoms with E-state index in [9.17, 15) is 13.6 Å². The first-order valence-corrected chi connectivity index (χ1v) is 10.2. The molecule has 31 heavy (non-hydrogen) atoms. The summed E-state index contributed by atoms with van der Waals surface area (Å²) in [5.74, 6) is 1.07. The van der Waals surface area contributed by atoms with E-state index in [2.05, 4.69) is 14.9 Å². The van der Waals surface area contributed by atoms with Crippen LogP contribution in [0, 0.1) is 6.92 Å². The van der Waals surface area contributed by atoms with Crippen LogP contribution in [0.15, 0.2) is 52.1 Å². The van der Waals surface area contributed by atoms with E-state index in [1.54, 1.807) is 31.4 Å².